The van der Waals surface area contributed by atoms with E-state index in [2.05, 4.69) is 35.8 Å². The van der Waals surface area contributed by atoms with Crippen molar-refractivity contribution >= 4 is 28.8 Å². The monoisotopic (exact) mass is 501 g/mol. The van der Waals surface area contributed by atoms with Gasteiger partial charge in [-0.3, -0.25) is 28.6 Å². The second-order valence-electron chi connectivity index (χ2n) is 9.67. The lowest BCUT2D eigenvalue weighted by molar-refractivity contribution is -0.135. The third-order valence-electron chi connectivity index (χ3n) is 7.09. The molecule has 2 fully saturated rings. The minimum atomic E-state index is -0.431. The second-order valence-corrected chi connectivity index (χ2v) is 9.67. The number of nitrogens with one attached hydrogen (secondary N) is 2. The van der Waals surface area contributed by atoms with Crippen LogP contribution in [0.3, 0.4) is 0 Å². The maximum Gasteiger partial charge on any atom is 0.294 e. The molecular formula is C25H27N9O3. The van der Waals surface area contributed by atoms with Crippen LogP contribution in [0.2, 0.25) is 0 Å². The highest BCUT2D eigenvalue weighted by Gasteiger charge is 2.47. The third kappa shape index (κ3) is 4.34. The molecule has 2 amide bonds. The third-order valence-corrected chi connectivity index (χ3v) is 7.09. The Labute approximate surface area is 212 Å². The van der Waals surface area contributed by atoms with E-state index in [-0.39, 0.29) is 17.3 Å². The first-order chi connectivity index (χ1) is 17.9. The molecule has 37 heavy (non-hydrogen) atoms. The topological polar surface area (TPSA) is 132 Å². The van der Waals surface area contributed by atoms with Crippen molar-refractivity contribution in [2.75, 3.05) is 36.9 Å². The molecule has 4 aromatic rings. The fourth-order valence-electron chi connectivity index (χ4n) is 4.98. The summed E-state index contributed by atoms with van der Waals surface area (Å²) >= 11 is 0. The van der Waals surface area contributed by atoms with E-state index in [1.165, 1.54) is 0 Å². The van der Waals surface area contributed by atoms with Crippen LogP contribution < -0.4 is 10.6 Å². The number of carbonyl (C=O) groups excluding carboxylic acids is 2. The highest BCUT2D eigenvalue weighted by molar-refractivity contribution is 6.03. The first-order valence-electron chi connectivity index (χ1n) is 12.1. The first-order valence-corrected chi connectivity index (χ1v) is 12.1. The molecule has 6 rings (SSSR count). The summed E-state index contributed by atoms with van der Waals surface area (Å²) in [5.41, 5.74) is 4.03. The average molecular weight is 502 g/mol. The van der Waals surface area contributed by atoms with Crippen molar-refractivity contribution in [3.63, 3.8) is 0 Å². The molecule has 2 N–H and O–H groups in total. The highest BCUT2D eigenvalue weighted by Crippen LogP contribution is 2.35. The molecule has 0 aromatic carbocycles. The van der Waals surface area contributed by atoms with Crippen LogP contribution in [0.1, 0.15) is 29.2 Å². The van der Waals surface area contributed by atoms with Crippen molar-refractivity contribution in [3.05, 3.63) is 54.5 Å². The van der Waals surface area contributed by atoms with Crippen LogP contribution in [0.5, 0.6) is 0 Å². The molecule has 12 heteroatoms. The molecule has 0 unspecified atom stereocenters. The van der Waals surface area contributed by atoms with Gasteiger partial charge >= 0.3 is 0 Å². The number of pyridine rings is 2. The maximum atomic E-state index is 13.1. The van der Waals surface area contributed by atoms with Crippen LogP contribution in [0.4, 0.5) is 11.4 Å². The number of amides is 2. The zero-order valence-electron chi connectivity index (χ0n) is 20.6. The standard InChI is InChI=1S/C25H27N9O3/c1-16-20(9-19(11-26-16)28-22(35)13-33-6-3-5-25(33)14-37-15-25)29-24(36)23-31-30-21-8-17(4-7-34(21)23)18-10-27-32(2)12-18/h4,7-12H,3,5-6,13-15H2,1-2H3,(H,28,35)(H,29,36). The predicted octanol–water partition coefficient (Wildman–Crippen LogP) is 1.89. The van der Waals surface area contributed by atoms with E-state index in [0.29, 0.717) is 42.5 Å². The number of aromatic nitrogens is 6. The van der Waals surface area contributed by atoms with E-state index < -0.39 is 5.91 Å². The van der Waals surface area contributed by atoms with Crippen molar-refractivity contribution in [2.24, 2.45) is 7.05 Å². The number of aryl methyl sites for hydroxylation is 2. The molecule has 6 heterocycles. The normalized spacial score (nSPS) is 16.7. The summed E-state index contributed by atoms with van der Waals surface area (Å²) in [7, 11) is 1.85. The molecule has 4 aromatic heterocycles. The summed E-state index contributed by atoms with van der Waals surface area (Å²) in [6, 6.07) is 5.44. The van der Waals surface area contributed by atoms with Gasteiger partial charge < -0.3 is 15.4 Å². The van der Waals surface area contributed by atoms with E-state index in [9.17, 15) is 9.59 Å². The van der Waals surface area contributed by atoms with E-state index in [1.54, 1.807) is 40.7 Å². The Bertz CT molecular complexity index is 1500. The highest BCUT2D eigenvalue weighted by atomic mass is 16.5. The summed E-state index contributed by atoms with van der Waals surface area (Å²) in [5, 5.41) is 18.2. The van der Waals surface area contributed by atoms with E-state index >= 15 is 0 Å². The van der Waals surface area contributed by atoms with Crippen LogP contribution in [-0.2, 0) is 16.6 Å². The number of hydrogen-bond donors (Lipinski definition) is 2. The summed E-state index contributed by atoms with van der Waals surface area (Å²) in [6.45, 7) is 4.34. The van der Waals surface area contributed by atoms with Crippen molar-refractivity contribution in [3.8, 4) is 11.1 Å². The molecule has 0 radical (unpaired) electrons. The first kappa shape index (κ1) is 23.3. The van der Waals surface area contributed by atoms with Gasteiger partial charge in [0.05, 0.1) is 54.8 Å². The number of likely N-dealkylation sites (tertiary alicyclic amines) is 1. The van der Waals surface area contributed by atoms with Gasteiger partial charge in [0.15, 0.2) is 5.65 Å². The van der Waals surface area contributed by atoms with Crippen molar-refractivity contribution in [1.82, 2.24) is 34.3 Å². The van der Waals surface area contributed by atoms with E-state index in [4.69, 9.17) is 4.74 Å². The van der Waals surface area contributed by atoms with Gasteiger partial charge in [0.2, 0.25) is 11.7 Å². The number of fused-ring (bicyclic) bond motifs is 1. The fraction of sp³-hybridized carbons (Fsp3) is 0.360. The Balaban J connectivity index is 1.15. The Morgan fingerprint density at radius 1 is 1.14 bits per heavy atom. The minimum Gasteiger partial charge on any atom is -0.377 e. The average Bonchev–Trinajstić information content (AvgIpc) is 3.58. The molecule has 1 spiro atoms. The minimum absolute atomic E-state index is 0.0156. The zero-order valence-corrected chi connectivity index (χ0v) is 20.6. The SMILES string of the molecule is Cc1ncc(NC(=O)CN2CCCC23COC3)cc1NC(=O)c1nnc2cc(-c3cnn(C)c3)ccn12. The van der Waals surface area contributed by atoms with Crippen LogP contribution in [-0.4, -0.2) is 77.9 Å². The predicted molar refractivity (Wildman–Crippen MR) is 135 cm³/mol. The summed E-state index contributed by atoms with van der Waals surface area (Å²) in [6.07, 6.45) is 9.14. The van der Waals surface area contributed by atoms with Crippen LogP contribution in [0, 0.1) is 6.92 Å². The number of anilines is 2. The number of ether oxygens (including phenoxy) is 1. The molecule has 0 saturated carbocycles. The lowest BCUT2D eigenvalue weighted by atomic mass is 9.94. The molecule has 0 bridgehead atoms. The lowest BCUT2D eigenvalue weighted by Gasteiger charge is -2.44. The molecular weight excluding hydrogens is 474 g/mol. The number of nitrogens with zero attached hydrogens (tertiary/aromatic N) is 7. The smallest absolute Gasteiger partial charge is 0.294 e. The zero-order chi connectivity index (χ0) is 25.6. The lowest BCUT2D eigenvalue weighted by Crippen LogP contribution is -2.60. The van der Waals surface area contributed by atoms with Crippen LogP contribution in [0.25, 0.3) is 16.8 Å². The molecule has 0 aliphatic carbocycles. The van der Waals surface area contributed by atoms with Gasteiger partial charge in [-0.05, 0) is 50.1 Å². The largest absolute Gasteiger partial charge is 0.377 e. The van der Waals surface area contributed by atoms with Crippen molar-refractivity contribution in [2.45, 2.75) is 25.3 Å². The summed E-state index contributed by atoms with van der Waals surface area (Å²) in [5.74, 6) is -0.411. The van der Waals surface area contributed by atoms with Crippen LogP contribution in [0.15, 0.2) is 43.0 Å². The Morgan fingerprint density at radius 3 is 2.76 bits per heavy atom. The van der Waals surface area contributed by atoms with Gasteiger partial charge in [-0.1, -0.05) is 0 Å². The molecule has 2 aliphatic heterocycles. The van der Waals surface area contributed by atoms with Gasteiger partial charge in [-0.15, -0.1) is 10.2 Å². The molecule has 0 atom stereocenters. The Morgan fingerprint density at radius 2 is 2.00 bits per heavy atom. The number of rotatable bonds is 6. The molecule has 2 saturated heterocycles. The van der Waals surface area contributed by atoms with Gasteiger partial charge in [-0.25, -0.2) is 0 Å². The van der Waals surface area contributed by atoms with Crippen LogP contribution >= 0.6 is 0 Å². The molecule has 190 valence electrons. The summed E-state index contributed by atoms with van der Waals surface area (Å²) in [4.78, 5) is 32.4. The maximum absolute atomic E-state index is 13.1. The van der Waals surface area contributed by atoms with Gasteiger partial charge in [-0.2, -0.15) is 5.10 Å². The van der Waals surface area contributed by atoms with E-state index in [1.807, 2.05) is 25.4 Å². The quantitative estimate of drug-likeness (QED) is 0.410. The Hall–Kier alpha value is -4.16. The fourth-order valence-corrected chi connectivity index (χ4v) is 4.98. The number of hydrogen-bond acceptors (Lipinski definition) is 8. The van der Waals surface area contributed by atoms with Gasteiger partial charge in [0, 0.05) is 25.0 Å². The van der Waals surface area contributed by atoms with Crippen molar-refractivity contribution < 1.29 is 14.3 Å². The van der Waals surface area contributed by atoms with Gasteiger partial charge in [0.25, 0.3) is 5.91 Å². The Kier molecular flexibility index (Phi) is 5.69. The molecule has 2 aliphatic rings. The second kappa shape index (κ2) is 9.05. The number of carbonyl (C=O) groups is 2. The summed E-state index contributed by atoms with van der Waals surface area (Å²) < 4.78 is 8.75. The van der Waals surface area contributed by atoms with Gasteiger partial charge in [0.1, 0.15) is 0 Å². The van der Waals surface area contributed by atoms with Crippen molar-refractivity contribution in [1.29, 1.82) is 0 Å². The molecule has 12 nitrogen and oxygen atoms in total. The van der Waals surface area contributed by atoms with E-state index in [0.717, 1.165) is 30.5 Å².